The van der Waals surface area contributed by atoms with Gasteiger partial charge in [0, 0.05) is 0 Å². The molecular weight excluding hydrogens is 389 g/mol. The average molecular weight is 415 g/mol. The van der Waals surface area contributed by atoms with E-state index in [0.717, 1.165) is 20.8 Å². The van der Waals surface area contributed by atoms with Crippen molar-refractivity contribution >= 4 is 16.1 Å². The highest BCUT2D eigenvalue weighted by Gasteiger charge is 2.66. The van der Waals surface area contributed by atoms with Gasteiger partial charge in [0.25, 0.3) is 6.10 Å². The average Bonchev–Trinajstić information content (AvgIpc) is 2.43. The van der Waals surface area contributed by atoms with E-state index in [-0.39, 0.29) is 0 Å². The number of ether oxygens (including phenoxy) is 1. The van der Waals surface area contributed by atoms with Gasteiger partial charge in [-0.3, -0.25) is 9.35 Å². The number of esters is 1. The molecule has 12 heteroatoms. The molecule has 26 heavy (non-hydrogen) atoms. The molecule has 0 aromatic carbocycles. The SMILES string of the molecule is CC(C)(C)C(=O)OC(C(F)(F)F)C(F)(F)S(=O)(=O)O.CCN(CC)CC. The highest BCUT2D eigenvalue weighted by Crippen LogP contribution is 2.39. The van der Waals surface area contributed by atoms with Crippen LogP contribution >= 0.6 is 0 Å². The second-order valence-electron chi connectivity index (χ2n) is 6.23. The first kappa shape index (κ1) is 27.2. The summed E-state index contributed by atoms with van der Waals surface area (Å²) in [6, 6.07) is 0. The monoisotopic (exact) mass is 415 g/mol. The zero-order valence-electron chi connectivity index (χ0n) is 15.5. The first-order valence-corrected chi connectivity index (χ1v) is 9.15. The van der Waals surface area contributed by atoms with Gasteiger partial charge in [-0.1, -0.05) is 20.8 Å². The molecule has 1 N–H and O–H groups in total. The zero-order valence-corrected chi connectivity index (χ0v) is 16.3. The molecule has 0 spiro atoms. The molecule has 0 amide bonds. The number of carbonyl (C=O) groups is 1. The Kier molecular flexibility index (Phi) is 10.2. The van der Waals surface area contributed by atoms with E-state index >= 15 is 0 Å². The smallest absolute Gasteiger partial charge is 0.432 e. The third kappa shape index (κ3) is 8.58. The molecule has 0 saturated heterocycles. The quantitative estimate of drug-likeness (QED) is 0.407. The Morgan fingerprint density at radius 3 is 1.50 bits per heavy atom. The lowest BCUT2D eigenvalue weighted by Crippen LogP contribution is -2.53. The molecular formula is C14H26F5NO5S. The van der Waals surface area contributed by atoms with E-state index in [1.54, 1.807) is 0 Å². The molecule has 0 rings (SSSR count). The Morgan fingerprint density at radius 2 is 1.35 bits per heavy atom. The van der Waals surface area contributed by atoms with Gasteiger partial charge in [-0.2, -0.15) is 30.4 Å². The topological polar surface area (TPSA) is 83.9 Å². The third-order valence-corrected chi connectivity index (χ3v) is 4.03. The van der Waals surface area contributed by atoms with Crippen molar-refractivity contribution in [2.45, 2.75) is 59.1 Å². The highest BCUT2D eigenvalue weighted by molar-refractivity contribution is 7.86. The second-order valence-corrected chi connectivity index (χ2v) is 7.73. The molecule has 158 valence electrons. The van der Waals surface area contributed by atoms with E-state index in [4.69, 9.17) is 4.55 Å². The van der Waals surface area contributed by atoms with Crippen molar-refractivity contribution in [1.29, 1.82) is 0 Å². The fourth-order valence-corrected chi connectivity index (χ4v) is 1.87. The lowest BCUT2D eigenvalue weighted by molar-refractivity contribution is -0.262. The first-order valence-electron chi connectivity index (χ1n) is 7.71. The van der Waals surface area contributed by atoms with Crippen molar-refractivity contribution in [3.05, 3.63) is 0 Å². The predicted octanol–water partition coefficient (Wildman–Crippen LogP) is 3.34. The van der Waals surface area contributed by atoms with Gasteiger partial charge in [-0.15, -0.1) is 0 Å². The van der Waals surface area contributed by atoms with Gasteiger partial charge < -0.3 is 9.64 Å². The van der Waals surface area contributed by atoms with Crippen LogP contribution in [0.3, 0.4) is 0 Å². The van der Waals surface area contributed by atoms with Crippen LogP contribution in [-0.4, -0.2) is 61.0 Å². The number of carbonyl (C=O) groups excluding carboxylic acids is 1. The maximum Gasteiger partial charge on any atom is 0.432 e. The highest BCUT2D eigenvalue weighted by atomic mass is 32.2. The standard InChI is InChI=1S/C8H11F5O5S.C6H15N/c1-6(2,3)5(14)18-4(7(9,10)11)8(12,13)19(15,16)17;1-4-7(5-2)6-3/h4H,1-3H3,(H,15,16,17);4-6H2,1-3H3. The van der Waals surface area contributed by atoms with Crippen LogP contribution in [0.1, 0.15) is 41.5 Å². The molecule has 0 bridgehead atoms. The van der Waals surface area contributed by atoms with Gasteiger partial charge in [0.2, 0.25) is 0 Å². The summed E-state index contributed by atoms with van der Waals surface area (Å²) in [6.07, 6.45) is -10.2. The molecule has 6 nitrogen and oxygen atoms in total. The lowest BCUT2D eigenvalue weighted by Gasteiger charge is -2.28. The fraction of sp³-hybridized carbons (Fsp3) is 0.929. The summed E-state index contributed by atoms with van der Waals surface area (Å²) in [5, 5.41) is -5.70. The molecule has 1 atom stereocenters. The zero-order chi connectivity index (χ0) is 21.6. The molecule has 0 aromatic heterocycles. The van der Waals surface area contributed by atoms with E-state index in [1.807, 2.05) is 0 Å². The minimum atomic E-state index is -6.41. The van der Waals surface area contributed by atoms with Crippen LogP contribution in [-0.2, 0) is 19.6 Å². The van der Waals surface area contributed by atoms with E-state index in [1.165, 1.54) is 19.6 Å². The van der Waals surface area contributed by atoms with E-state index in [0.29, 0.717) is 0 Å². The minimum Gasteiger partial charge on any atom is -0.444 e. The number of hydrogen-bond donors (Lipinski definition) is 1. The number of rotatable bonds is 6. The van der Waals surface area contributed by atoms with Crippen molar-refractivity contribution in [2.75, 3.05) is 19.6 Å². The summed E-state index contributed by atoms with van der Waals surface area (Å²) in [7, 11) is -6.41. The minimum absolute atomic E-state index is 1.08. The van der Waals surface area contributed by atoms with Gasteiger partial charge in [0.1, 0.15) is 0 Å². The maximum atomic E-state index is 13.0. The fourth-order valence-electron chi connectivity index (χ4n) is 1.42. The largest absolute Gasteiger partial charge is 0.444 e. The van der Waals surface area contributed by atoms with Crippen LogP contribution < -0.4 is 0 Å². The van der Waals surface area contributed by atoms with Crippen LogP contribution in [0.2, 0.25) is 0 Å². The van der Waals surface area contributed by atoms with Crippen LogP contribution in [0, 0.1) is 5.41 Å². The van der Waals surface area contributed by atoms with E-state index in [9.17, 15) is 35.2 Å². The number of alkyl halides is 5. The summed E-state index contributed by atoms with van der Waals surface area (Å²) in [6.45, 7) is 13.4. The van der Waals surface area contributed by atoms with Gasteiger partial charge in [0.15, 0.2) is 0 Å². The summed E-state index contributed by atoms with van der Waals surface area (Å²) in [5.41, 5.74) is -1.57. The third-order valence-electron chi connectivity index (χ3n) is 3.13. The Hall–Kier alpha value is -1.01. The number of hydrogen-bond acceptors (Lipinski definition) is 5. The van der Waals surface area contributed by atoms with Crippen LogP contribution in [0.5, 0.6) is 0 Å². The molecule has 0 heterocycles. The Balaban J connectivity index is 0. The van der Waals surface area contributed by atoms with E-state index < -0.39 is 39.0 Å². The predicted molar refractivity (Wildman–Crippen MR) is 85.3 cm³/mol. The molecule has 0 aliphatic rings. The molecule has 0 radical (unpaired) electrons. The molecule has 0 aromatic rings. The molecule has 0 saturated carbocycles. The summed E-state index contributed by atoms with van der Waals surface area (Å²) in [4.78, 5) is 13.5. The van der Waals surface area contributed by atoms with Gasteiger partial charge >= 0.3 is 27.5 Å². The Bertz CT molecular complexity index is 533. The van der Waals surface area contributed by atoms with Crippen molar-refractivity contribution in [3.63, 3.8) is 0 Å². The van der Waals surface area contributed by atoms with Crippen LogP contribution in [0.4, 0.5) is 22.0 Å². The first-order chi connectivity index (χ1) is 11.4. The van der Waals surface area contributed by atoms with Crippen molar-refractivity contribution in [2.24, 2.45) is 5.41 Å². The van der Waals surface area contributed by atoms with Crippen LogP contribution in [0.15, 0.2) is 0 Å². The second kappa shape index (κ2) is 9.79. The molecule has 1 unspecified atom stereocenters. The summed E-state index contributed by atoms with van der Waals surface area (Å²) in [5.74, 6) is -1.70. The molecule has 0 fully saturated rings. The summed E-state index contributed by atoms with van der Waals surface area (Å²) >= 11 is 0. The van der Waals surface area contributed by atoms with Crippen molar-refractivity contribution in [1.82, 2.24) is 4.90 Å². The number of halogens is 5. The maximum absolute atomic E-state index is 13.0. The van der Waals surface area contributed by atoms with Gasteiger partial charge in [-0.05, 0) is 40.4 Å². The molecule has 0 aliphatic carbocycles. The van der Waals surface area contributed by atoms with Gasteiger partial charge in [-0.25, -0.2) is 0 Å². The van der Waals surface area contributed by atoms with E-state index in [2.05, 4.69) is 30.4 Å². The lowest BCUT2D eigenvalue weighted by atomic mass is 9.97. The Morgan fingerprint density at radius 1 is 1.00 bits per heavy atom. The summed E-state index contributed by atoms with van der Waals surface area (Å²) < 4.78 is 95.3. The van der Waals surface area contributed by atoms with Gasteiger partial charge in [0.05, 0.1) is 5.41 Å². The van der Waals surface area contributed by atoms with Crippen molar-refractivity contribution < 1.29 is 44.5 Å². The van der Waals surface area contributed by atoms with Crippen LogP contribution in [0.25, 0.3) is 0 Å². The Labute approximate surface area is 150 Å². The van der Waals surface area contributed by atoms with Crippen molar-refractivity contribution in [3.8, 4) is 0 Å². The molecule has 0 aliphatic heterocycles. The normalized spacial score (nSPS) is 14.5. The number of nitrogens with zero attached hydrogens (tertiary/aromatic N) is 1.